The Morgan fingerprint density at radius 1 is 0.933 bits per heavy atom. The monoisotopic (exact) mass is 450 g/mol. The molecule has 0 aliphatic carbocycles. The number of carbonyl (C=O) groups is 1. The van der Waals surface area contributed by atoms with Crippen molar-refractivity contribution in [2.24, 2.45) is 0 Å². The second-order valence-electron chi connectivity index (χ2n) is 6.66. The molecule has 0 saturated heterocycles. The normalized spacial score (nSPS) is 11.2. The number of hydrogen-bond acceptors (Lipinski definition) is 3. The van der Waals surface area contributed by atoms with E-state index in [0.717, 1.165) is 5.56 Å². The van der Waals surface area contributed by atoms with Gasteiger partial charge < -0.3 is 5.32 Å². The van der Waals surface area contributed by atoms with Crippen molar-refractivity contribution in [2.45, 2.75) is 18.7 Å². The molecule has 0 radical (unpaired) electrons. The summed E-state index contributed by atoms with van der Waals surface area (Å²) in [4.78, 5) is 12.4. The van der Waals surface area contributed by atoms with Gasteiger partial charge in [0.1, 0.15) is 0 Å². The average Bonchev–Trinajstić information content (AvgIpc) is 2.65. The first kappa shape index (κ1) is 21.7. The van der Waals surface area contributed by atoms with Gasteiger partial charge in [-0.2, -0.15) is 0 Å². The van der Waals surface area contributed by atoms with E-state index in [4.69, 9.17) is 11.6 Å². The van der Waals surface area contributed by atoms with Gasteiger partial charge in [-0.25, -0.2) is 17.2 Å². The van der Waals surface area contributed by atoms with Gasteiger partial charge in [-0.1, -0.05) is 29.8 Å². The Kier molecular flexibility index (Phi) is 6.09. The molecule has 0 bridgehead atoms. The van der Waals surface area contributed by atoms with Crippen molar-refractivity contribution in [3.8, 4) is 0 Å². The molecule has 0 fully saturated rings. The maximum Gasteiger partial charge on any atom is 0.262 e. The van der Waals surface area contributed by atoms with Gasteiger partial charge in [0, 0.05) is 11.4 Å². The molecule has 30 heavy (non-hydrogen) atoms. The number of carbonyl (C=O) groups excluding carboxylic acids is 1. The molecule has 0 aliphatic heterocycles. The zero-order valence-corrected chi connectivity index (χ0v) is 17.5. The minimum atomic E-state index is -3.94. The van der Waals surface area contributed by atoms with Gasteiger partial charge in [0.2, 0.25) is 0 Å². The van der Waals surface area contributed by atoms with Crippen LogP contribution >= 0.6 is 11.6 Å². The van der Waals surface area contributed by atoms with Crippen LogP contribution in [-0.4, -0.2) is 14.3 Å². The first-order valence-corrected chi connectivity index (χ1v) is 10.6. The fraction of sp³-hybridized carbons (Fsp3) is 0.0952. The van der Waals surface area contributed by atoms with Crippen LogP contribution in [0.4, 0.5) is 20.2 Å². The van der Waals surface area contributed by atoms with Gasteiger partial charge in [0.15, 0.2) is 11.6 Å². The zero-order chi connectivity index (χ0) is 22.1. The Bertz CT molecular complexity index is 1250. The fourth-order valence-electron chi connectivity index (χ4n) is 2.78. The third kappa shape index (κ3) is 4.77. The van der Waals surface area contributed by atoms with E-state index in [-0.39, 0.29) is 21.2 Å². The molecule has 5 nitrogen and oxygen atoms in total. The van der Waals surface area contributed by atoms with Crippen LogP contribution in [0.2, 0.25) is 5.02 Å². The van der Waals surface area contributed by atoms with E-state index in [1.807, 2.05) is 13.0 Å². The first-order valence-electron chi connectivity index (χ1n) is 8.73. The summed E-state index contributed by atoms with van der Waals surface area (Å²) in [6.07, 6.45) is 0. The van der Waals surface area contributed by atoms with Crippen molar-refractivity contribution in [1.82, 2.24) is 0 Å². The van der Waals surface area contributed by atoms with Crippen molar-refractivity contribution in [3.05, 3.63) is 87.9 Å². The van der Waals surface area contributed by atoms with Gasteiger partial charge in [-0.15, -0.1) is 0 Å². The molecule has 0 spiro atoms. The van der Waals surface area contributed by atoms with Crippen molar-refractivity contribution < 1.29 is 22.0 Å². The number of halogens is 3. The molecule has 0 atom stereocenters. The van der Waals surface area contributed by atoms with Crippen molar-refractivity contribution in [3.63, 3.8) is 0 Å². The molecular weight excluding hydrogens is 434 g/mol. The second-order valence-corrected chi connectivity index (χ2v) is 8.71. The number of nitrogens with one attached hydrogen (secondary N) is 2. The van der Waals surface area contributed by atoms with Crippen molar-refractivity contribution in [2.75, 3.05) is 10.0 Å². The Morgan fingerprint density at radius 2 is 1.63 bits per heavy atom. The minimum Gasteiger partial charge on any atom is -0.322 e. The van der Waals surface area contributed by atoms with Crippen LogP contribution in [-0.2, 0) is 10.0 Å². The highest BCUT2D eigenvalue weighted by Gasteiger charge is 2.20. The summed E-state index contributed by atoms with van der Waals surface area (Å²) >= 11 is 5.82. The third-order valence-electron chi connectivity index (χ3n) is 4.26. The van der Waals surface area contributed by atoms with Gasteiger partial charge in [-0.05, 0) is 61.4 Å². The molecule has 9 heteroatoms. The topological polar surface area (TPSA) is 75.3 Å². The SMILES string of the molecule is Cc1cccc(NS(=O)(=O)c2cc(NC(=O)c3cc(F)c(F)cc3Cl)ccc2C)c1. The Hall–Kier alpha value is -2.97. The lowest BCUT2D eigenvalue weighted by molar-refractivity contribution is 0.102. The van der Waals surface area contributed by atoms with Crippen LogP contribution in [0.1, 0.15) is 21.5 Å². The molecule has 3 aromatic rings. The first-order chi connectivity index (χ1) is 14.1. The Morgan fingerprint density at radius 3 is 2.33 bits per heavy atom. The molecule has 0 aliphatic rings. The second kappa shape index (κ2) is 8.41. The summed E-state index contributed by atoms with van der Waals surface area (Å²) in [5, 5.41) is 2.18. The maximum absolute atomic E-state index is 13.5. The number of rotatable bonds is 5. The van der Waals surface area contributed by atoms with Gasteiger partial charge >= 0.3 is 0 Å². The Balaban J connectivity index is 1.90. The number of sulfonamides is 1. The summed E-state index contributed by atoms with van der Waals surface area (Å²) < 4.78 is 54.9. The lowest BCUT2D eigenvalue weighted by atomic mass is 10.1. The highest BCUT2D eigenvalue weighted by Crippen LogP contribution is 2.25. The van der Waals surface area contributed by atoms with E-state index in [2.05, 4.69) is 10.0 Å². The summed E-state index contributed by atoms with van der Waals surface area (Å²) in [5.41, 5.74) is 1.61. The molecule has 0 aromatic heterocycles. The molecule has 1 amide bonds. The smallest absolute Gasteiger partial charge is 0.262 e. The Labute approximate surface area is 177 Å². The lowest BCUT2D eigenvalue weighted by Crippen LogP contribution is -2.16. The van der Waals surface area contributed by atoms with Crippen LogP contribution in [0, 0.1) is 25.5 Å². The summed E-state index contributed by atoms with van der Waals surface area (Å²) in [7, 11) is -3.94. The number of hydrogen-bond donors (Lipinski definition) is 2. The van der Waals surface area contributed by atoms with Crippen molar-refractivity contribution >= 4 is 38.9 Å². The van der Waals surface area contributed by atoms with E-state index < -0.39 is 27.6 Å². The quantitative estimate of drug-likeness (QED) is 0.519. The van der Waals surface area contributed by atoms with Crippen LogP contribution in [0.3, 0.4) is 0 Å². The van der Waals surface area contributed by atoms with Crippen LogP contribution in [0.15, 0.2) is 59.5 Å². The lowest BCUT2D eigenvalue weighted by Gasteiger charge is -2.13. The maximum atomic E-state index is 13.5. The number of amides is 1. The van der Waals surface area contributed by atoms with Crippen LogP contribution in [0.5, 0.6) is 0 Å². The summed E-state index contributed by atoms with van der Waals surface area (Å²) in [6.45, 7) is 3.45. The minimum absolute atomic E-state index is 0.0433. The predicted octanol–water partition coefficient (Wildman–Crippen LogP) is 5.29. The molecule has 0 saturated carbocycles. The van der Waals surface area contributed by atoms with E-state index in [9.17, 15) is 22.0 Å². The van der Waals surface area contributed by atoms with Gasteiger partial charge in [0.25, 0.3) is 15.9 Å². The molecule has 0 heterocycles. The molecule has 0 unspecified atom stereocenters. The molecular formula is C21H17ClF2N2O3S. The number of aryl methyl sites for hydroxylation is 2. The van der Waals surface area contributed by atoms with Gasteiger partial charge in [0.05, 0.1) is 15.5 Å². The van der Waals surface area contributed by atoms with E-state index in [1.165, 1.54) is 18.2 Å². The fourth-order valence-corrected chi connectivity index (χ4v) is 4.34. The van der Waals surface area contributed by atoms with E-state index in [1.54, 1.807) is 25.1 Å². The number of anilines is 2. The van der Waals surface area contributed by atoms with E-state index in [0.29, 0.717) is 23.4 Å². The molecule has 3 rings (SSSR count). The van der Waals surface area contributed by atoms with Gasteiger partial charge in [-0.3, -0.25) is 9.52 Å². The molecule has 156 valence electrons. The summed E-state index contributed by atoms with van der Waals surface area (Å²) in [6, 6.07) is 12.5. The highest BCUT2D eigenvalue weighted by atomic mass is 35.5. The van der Waals surface area contributed by atoms with E-state index >= 15 is 0 Å². The van der Waals surface area contributed by atoms with Crippen molar-refractivity contribution in [1.29, 1.82) is 0 Å². The molecule has 2 N–H and O–H groups in total. The van der Waals surface area contributed by atoms with Crippen LogP contribution < -0.4 is 10.0 Å². The molecule has 3 aromatic carbocycles. The number of benzene rings is 3. The average molecular weight is 451 g/mol. The van der Waals surface area contributed by atoms with Crippen LogP contribution in [0.25, 0.3) is 0 Å². The predicted molar refractivity (Wildman–Crippen MR) is 112 cm³/mol. The highest BCUT2D eigenvalue weighted by molar-refractivity contribution is 7.92. The largest absolute Gasteiger partial charge is 0.322 e. The third-order valence-corrected chi connectivity index (χ3v) is 6.10. The summed E-state index contributed by atoms with van der Waals surface area (Å²) in [5.74, 6) is -3.21. The zero-order valence-electron chi connectivity index (χ0n) is 16.0. The standard InChI is InChI=1S/C21H17ClF2N2O3S/c1-12-4-3-5-15(8-12)26-30(28,29)20-9-14(7-6-13(20)2)25-21(27)16-10-18(23)19(24)11-17(16)22/h3-11,26H,1-2H3,(H,25,27).